The number of carbonyl (C=O) groups is 8. The van der Waals surface area contributed by atoms with Crippen LogP contribution in [0.25, 0.3) is 11.1 Å². The maximum atomic E-state index is 14.2. The Kier molecular flexibility index (Phi) is 21.1. The summed E-state index contributed by atoms with van der Waals surface area (Å²) in [6.45, 7) is 10.5. The molecular formula is C85H90N4O12. The van der Waals surface area contributed by atoms with Crippen molar-refractivity contribution in [2.45, 2.75) is 84.6 Å². The predicted octanol–water partition coefficient (Wildman–Crippen LogP) is 17.8. The van der Waals surface area contributed by atoms with Crippen molar-refractivity contribution in [1.82, 2.24) is 4.90 Å². The average molecular weight is 1360 g/mol. The number of amides is 8. The summed E-state index contributed by atoms with van der Waals surface area (Å²) in [6.07, 6.45) is 7.47. The lowest BCUT2D eigenvalue weighted by Gasteiger charge is -2.44. The van der Waals surface area contributed by atoms with Crippen molar-refractivity contribution >= 4 is 64.3 Å². The number of imide groups is 4. The Bertz CT molecular complexity index is 4400. The first kappa shape index (κ1) is 74.2. The average Bonchev–Trinajstić information content (AvgIpc) is 1.55. The van der Waals surface area contributed by atoms with Gasteiger partial charge in [-0.05, 0) is 169 Å². The fourth-order valence-electron chi connectivity index (χ4n) is 15.6. The van der Waals surface area contributed by atoms with Gasteiger partial charge in [0.1, 0.15) is 46.0 Å². The number of aryl methyl sites for hydroxylation is 2. The Balaban J connectivity index is 0.000000259. The number of hydrogen-bond acceptors (Lipinski definition) is 12. The highest BCUT2D eigenvalue weighted by Gasteiger charge is 2.70. The molecule has 10 aliphatic rings. The molecule has 12 atom stereocenters. The van der Waals surface area contributed by atoms with Crippen molar-refractivity contribution < 1.29 is 57.3 Å². The van der Waals surface area contributed by atoms with Crippen LogP contribution in [0.5, 0.6) is 46.0 Å². The van der Waals surface area contributed by atoms with Crippen LogP contribution in [0.4, 0.5) is 17.1 Å². The minimum absolute atomic E-state index is 0. The van der Waals surface area contributed by atoms with Crippen LogP contribution < -0.4 is 33.6 Å². The molecule has 4 saturated heterocycles. The summed E-state index contributed by atoms with van der Waals surface area (Å²) in [5.74, 6) is -4.55. The molecule has 101 heavy (non-hydrogen) atoms. The largest absolute Gasteiger partial charge is 0.457 e. The predicted molar refractivity (Wildman–Crippen MR) is 395 cm³/mol. The van der Waals surface area contributed by atoms with Crippen molar-refractivity contribution in [1.29, 1.82) is 0 Å². The number of rotatable bonds is 12. The van der Waals surface area contributed by atoms with Crippen LogP contribution in [-0.4, -0.2) is 59.2 Å². The highest BCUT2D eigenvalue weighted by Crippen LogP contribution is 2.60. The van der Waals surface area contributed by atoms with E-state index < -0.39 is 71.0 Å². The summed E-state index contributed by atoms with van der Waals surface area (Å²) in [5, 5.41) is 0. The third kappa shape index (κ3) is 12.8. The second kappa shape index (κ2) is 28.7. The molecule has 6 fully saturated rings. The molecule has 0 aromatic heterocycles. The van der Waals surface area contributed by atoms with Crippen LogP contribution >= 0.6 is 0 Å². The molecule has 0 N–H and O–H groups in total. The van der Waals surface area contributed by atoms with E-state index in [2.05, 4.69) is 20.8 Å². The number of anilines is 3. The quantitative estimate of drug-likeness (QED) is 0.0833. The van der Waals surface area contributed by atoms with Crippen LogP contribution in [0.1, 0.15) is 82.0 Å². The molecule has 8 aromatic rings. The lowest BCUT2D eigenvalue weighted by Crippen LogP contribution is -2.50. The molecule has 6 aliphatic carbocycles. The molecule has 0 radical (unpaired) electrons. The Morgan fingerprint density at radius 1 is 0.267 bits per heavy atom. The van der Waals surface area contributed by atoms with Crippen LogP contribution in [0.15, 0.2) is 218 Å². The lowest BCUT2D eigenvalue weighted by molar-refractivity contribution is -0.138. The Hall–Kier alpha value is -11.0. The molecule has 4 heterocycles. The Labute approximate surface area is 593 Å². The molecule has 16 heteroatoms. The van der Waals surface area contributed by atoms with E-state index >= 15 is 0 Å². The van der Waals surface area contributed by atoms with E-state index in [1.807, 2.05) is 159 Å². The third-order valence-corrected chi connectivity index (χ3v) is 20.3. The Morgan fingerprint density at radius 3 is 0.673 bits per heavy atom. The van der Waals surface area contributed by atoms with Crippen molar-refractivity contribution in [2.24, 2.45) is 71.0 Å². The van der Waals surface area contributed by atoms with Crippen molar-refractivity contribution in [3.63, 3.8) is 0 Å². The van der Waals surface area contributed by atoms with Gasteiger partial charge in [-0.1, -0.05) is 161 Å². The molecule has 8 amide bonds. The smallest absolute Gasteiger partial charge is 0.238 e. The second-order valence-electron chi connectivity index (χ2n) is 26.9. The van der Waals surface area contributed by atoms with Gasteiger partial charge in [0.25, 0.3) is 0 Å². The van der Waals surface area contributed by atoms with Crippen molar-refractivity contribution in [2.75, 3.05) is 21.7 Å². The van der Waals surface area contributed by atoms with Gasteiger partial charge in [-0.3, -0.25) is 58.0 Å². The van der Waals surface area contributed by atoms with Gasteiger partial charge in [-0.15, -0.1) is 0 Å². The zero-order chi connectivity index (χ0) is 65.9. The standard InChI is InChI=1S/C53H44N2O7.C26H22N2O5.6CH4/c1-31-5-17-37(18-6-31)60-38-19-7-32(8-20-38)33-9-21-39(22-10-33)61-41-25-13-35(14-26-41)54-49(56)45-43-29-30-44(46(45)50(54)57)48-47(43)51(58)55(52(48)59)36-15-27-42(28-16-36)62-40-23-11-34(12-24-40)53(2,3)4;1-13-3-7-15(8-4-13)33-16-9-5-14(6-10-16)28-25(31)21-17-11-12-18(22(21)26(28)32)20-19(17)23(29)27(2)24(20)30;;;;;;/h5-30,43-48H,1-4H3;3-12,17-22H,1-2H3;6*1H4. The minimum atomic E-state index is -0.734. The van der Waals surface area contributed by atoms with Crippen LogP contribution in [-0.2, 0) is 43.8 Å². The van der Waals surface area contributed by atoms with Crippen LogP contribution in [0, 0.1) is 84.9 Å². The number of carbonyl (C=O) groups excluding carboxylic acids is 8. The molecular weight excluding hydrogens is 1270 g/mol. The highest BCUT2D eigenvalue weighted by molar-refractivity contribution is 6.27. The van der Waals surface area contributed by atoms with Crippen molar-refractivity contribution in [3.05, 3.63) is 235 Å². The topological polar surface area (TPSA) is 186 Å². The fraction of sp³-hybridized carbons (Fsp3) is 0.294. The zero-order valence-electron chi connectivity index (χ0n) is 52.9. The van der Waals surface area contributed by atoms with E-state index in [4.69, 9.17) is 18.9 Å². The van der Waals surface area contributed by atoms with Gasteiger partial charge < -0.3 is 18.9 Å². The number of ether oxygens (including phenoxy) is 4. The first-order valence-corrected chi connectivity index (χ1v) is 32.1. The summed E-state index contributed by atoms with van der Waals surface area (Å²) < 4.78 is 24.0. The summed E-state index contributed by atoms with van der Waals surface area (Å²) >= 11 is 0. The highest BCUT2D eigenvalue weighted by atomic mass is 16.5. The summed E-state index contributed by atoms with van der Waals surface area (Å²) in [5.41, 5.74) is 6.89. The number of hydrogen-bond donors (Lipinski definition) is 0. The van der Waals surface area contributed by atoms with Gasteiger partial charge in [0.05, 0.1) is 64.4 Å². The van der Waals surface area contributed by atoms with Gasteiger partial charge >= 0.3 is 0 Å². The molecule has 4 bridgehead atoms. The molecule has 522 valence electrons. The van der Waals surface area contributed by atoms with Gasteiger partial charge in [-0.25, -0.2) is 0 Å². The van der Waals surface area contributed by atoms with E-state index in [0.29, 0.717) is 51.6 Å². The van der Waals surface area contributed by atoms with Gasteiger partial charge in [-0.2, -0.15) is 0 Å². The molecule has 4 aliphatic heterocycles. The van der Waals surface area contributed by atoms with Crippen molar-refractivity contribution in [3.8, 4) is 57.1 Å². The normalized spacial score (nSPS) is 24.3. The van der Waals surface area contributed by atoms with E-state index in [9.17, 15) is 38.4 Å². The molecule has 8 aromatic carbocycles. The number of benzene rings is 8. The van der Waals surface area contributed by atoms with E-state index in [1.165, 1.54) is 32.9 Å². The Morgan fingerprint density at radius 2 is 0.455 bits per heavy atom. The third-order valence-electron chi connectivity index (χ3n) is 20.3. The summed E-state index contributed by atoms with van der Waals surface area (Å²) in [4.78, 5) is 114. The maximum Gasteiger partial charge on any atom is 0.238 e. The minimum Gasteiger partial charge on any atom is -0.457 e. The first-order valence-electron chi connectivity index (χ1n) is 32.1. The summed E-state index contributed by atoms with van der Waals surface area (Å²) in [7, 11) is 1.48. The molecule has 0 spiro atoms. The number of allylic oxidation sites excluding steroid dienone is 4. The SMILES string of the molecule is C.C.C.C.C.C.Cc1ccc(Oc2ccc(-c3ccc(Oc4ccc(N5C(=O)C6C7C=CC(C6C5=O)C5C(=O)N(c6ccc(Oc8ccc(C(C)(C)C)cc8)cc6)C(=O)C75)cc4)cc3)cc2)cc1.Cc1ccc(Oc2ccc(N3C(=O)C4C5C=CC(C6C(=O)N(C)C(=O)C56)C4C3=O)cc2)cc1. The number of likely N-dealkylation sites (tertiary alicyclic amines) is 1. The maximum absolute atomic E-state index is 14.2. The zero-order valence-corrected chi connectivity index (χ0v) is 52.9. The second-order valence-corrected chi connectivity index (χ2v) is 26.9. The van der Waals surface area contributed by atoms with Gasteiger partial charge in [0.15, 0.2) is 0 Å². The van der Waals surface area contributed by atoms with E-state index in [0.717, 1.165) is 33.1 Å². The number of nitrogens with zero attached hydrogens (tertiary/aromatic N) is 4. The van der Waals surface area contributed by atoms with E-state index in [1.54, 1.807) is 72.8 Å². The molecule has 18 rings (SSSR count). The summed E-state index contributed by atoms with van der Waals surface area (Å²) in [6, 6.07) is 59.7. The fourth-order valence-corrected chi connectivity index (χ4v) is 15.6. The molecule has 12 unspecified atom stereocenters. The monoisotopic (exact) mass is 1360 g/mol. The van der Waals surface area contributed by atoms with Gasteiger partial charge in [0.2, 0.25) is 47.3 Å². The van der Waals surface area contributed by atoms with Crippen LogP contribution in [0.2, 0.25) is 0 Å². The van der Waals surface area contributed by atoms with Gasteiger partial charge in [0, 0.05) is 30.7 Å². The van der Waals surface area contributed by atoms with E-state index in [-0.39, 0.29) is 97.2 Å². The molecule has 2 saturated carbocycles. The first-order chi connectivity index (χ1) is 45.8. The van der Waals surface area contributed by atoms with Crippen LogP contribution in [0.3, 0.4) is 0 Å². The molecule has 16 nitrogen and oxygen atoms in total. The lowest BCUT2D eigenvalue weighted by atomic mass is 9.54.